The van der Waals surface area contributed by atoms with Crippen molar-refractivity contribution in [3.63, 3.8) is 0 Å². The molecule has 11 heavy (non-hydrogen) atoms. The molecule has 0 aliphatic rings. The molecule has 0 aromatic carbocycles. The third-order valence-electron chi connectivity index (χ3n) is 1.71. The lowest BCUT2D eigenvalue weighted by molar-refractivity contribution is 0.411. The lowest BCUT2D eigenvalue weighted by Gasteiger charge is -2.06. The molecule has 0 bridgehead atoms. The van der Waals surface area contributed by atoms with E-state index < -0.39 is 0 Å². The van der Waals surface area contributed by atoms with E-state index in [0.717, 1.165) is 17.0 Å². The zero-order valence-electron chi connectivity index (χ0n) is 7.01. The maximum Gasteiger partial charge on any atom is 0.127 e. The monoisotopic (exact) mass is 152 g/mol. The molecule has 0 aliphatic carbocycles. The van der Waals surface area contributed by atoms with Crippen LogP contribution in [0.25, 0.3) is 0 Å². The first-order valence-corrected chi connectivity index (χ1v) is 3.43. The molecule has 1 aromatic rings. The molecule has 0 spiro atoms. The topological polar surface area (TPSA) is 48.1 Å². The molecule has 1 rings (SSSR count). The number of anilines is 1. The van der Waals surface area contributed by atoms with E-state index in [1.54, 1.807) is 13.2 Å². The molecule has 60 valence electrons. The molecule has 1 heterocycles. The van der Waals surface area contributed by atoms with Crippen LogP contribution in [0.15, 0.2) is 6.07 Å². The first kappa shape index (κ1) is 7.85. The van der Waals surface area contributed by atoms with Gasteiger partial charge in [0.15, 0.2) is 0 Å². The molecule has 1 aromatic heterocycles. The number of nitrogens with two attached hydrogens (primary N) is 1. The van der Waals surface area contributed by atoms with Gasteiger partial charge >= 0.3 is 0 Å². The Morgan fingerprint density at radius 3 is 2.64 bits per heavy atom. The summed E-state index contributed by atoms with van der Waals surface area (Å²) in [5.41, 5.74) is 7.47. The smallest absolute Gasteiger partial charge is 0.127 e. The van der Waals surface area contributed by atoms with E-state index in [4.69, 9.17) is 10.5 Å². The number of aromatic nitrogens is 1. The van der Waals surface area contributed by atoms with E-state index in [2.05, 4.69) is 4.98 Å². The van der Waals surface area contributed by atoms with Crippen molar-refractivity contribution < 1.29 is 4.74 Å². The fourth-order valence-corrected chi connectivity index (χ4v) is 0.943. The van der Waals surface area contributed by atoms with Gasteiger partial charge in [-0.25, -0.2) is 4.98 Å². The fraction of sp³-hybridized carbons (Fsp3) is 0.375. The van der Waals surface area contributed by atoms with Crippen molar-refractivity contribution in [3.8, 4) is 5.75 Å². The van der Waals surface area contributed by atoms with E-state index >= 15 is 0 Å². The molecule has 0 atom stereocenters. The Morgan fingerprint density at radius 1 is 1.45 bits per heavy atom. The molecule has 0 saturated carbocycles. The summed E-state index contributed by atoms with van der Waals surface area (Å²) in [6.45, 7) is 3.87. The van der Waals surface area contributed by atoms with E-state index in [9.17, 15) is 0 Å². The molecule has 0 amide bonds. The summed E-state index contributed by atoms with van der Waals surface area (Å²) in [5.74, 6) is 1.31. The van der Waals surface area contributed by atoms with Gasteiger partial charge in [-0.3, -0.25) is 0 Å². The Labute approximate surface area is 66.2 Å². The first-order chi connectivity index (χ1) is 5.15. The number of nitrogens with zero attached hydrogens (tertiary/aromatic N) is 1. The summed E-state index contributed by atoms with van der Waals surface area (Å²) in [4.78, 5) is 4.08. The van der Waals surface area contributed by atoms with E-state index in [0.29, 0.717) is 5.82 Å². The van der Waals surface area contributed by atoms with Crippen molar-refractivity contribution in [2.45, 2.75) is 13.8 Å². The van der Waals surface area contributed by atoms with Crippen molar-refractivity contribution >= 4 is 5.82 Å². The zero-order chi connectivity index (χ0) is 8.43. The quantitative estimate of drug-likeness (QED) is 0.659. The summed E-state index contributed by atoms with van der Waals surface area (Å²) in [6, 6.07) is 1.72. The maximum atomic E-state index is 5.51. The van der Waals surface area contributed by atoms with E-state index in [-0.39, 0.29) is 0 Å². The highest BCUT2D eigenvalue weighted by Gasteiger charge is 2.02. The van der Waals surface area contributed by atoms with Gasteiger partial charge in [-0.15, -0.1) is 0 Å². The first-order valence-electron chi connectivity index (χ1n) is 3.43. The summed E-state index contributed by atoms with van der Waals surface area (Å²) < 4.78 is 5.09. The van der Waals surface area contributed by atoms with Crippen LogP contribution in [0, 0.1) is 13.8 Å². The summed E-state index contributed by atoms with van der Waals surface area (Å²) in [5, 5.41) is 0. The average molecular weight is 152 g/mol. The lowest BCUT2D eigenvalue weighted by atomic mass is 10.2. The number of hydrogen-bond acceptors (Lipinski definition) is 3. The van der Waals surface area contributed by atoms with Gasteiger partial charge in [0.2, 0.25) is 0 Å². The van der Waals surface area contributed by atoms with Crippen LogP contribution in [0.1, 0.15) is 11.3 Å². The molecule has 0 saturated heterocycles. The van der Waals surface area contributed by atoms with Crippen LogP contribution < -0.4 is 10.5 Å². The van der Waals surface area contributed by atoms with Crippen molar-refractivity contribution in [1.82, 2.24) is 4.98 Å². The number of nitrogen functional groups attached to an aromatic ring is 1. The SMILES string of the molecule is COc1cc(N)nc(C)c1C. The predicted octanol–water partition coefficient (Wildman–Crippen LogP) is 1.29. The van der Waals surface area contributed by atoms with Gasteiger partial charge in [-0.05, 0) is 13.8 Å². The molecule has 0 aliphatic heterocycles. The van der Waals surface area contributed by atoms with E-state index in [1.165, 1.54) is 0 Å². The number of rotatable bonds is 1. The Kier molecular flexibility index (Phi) is 1.98. The average Bonchev–Trinajstić information content (AvgIpc) is 1.96. The van der Waals surface area contributed by atoms with Crippen LogP contribution in [0.4, 0.5) is 5.82 Å². The molecule has 0 fully saturated rings. The minimum absolute atomic E-state index is 0.505. The predicted molar refractivity (Wildman–Crippen MR) is 44.7 cm³/mol. The number of hydrogen-bond donors (Lipinski definition) is 1. The third kappa shape index (κ3) is 1.42. The fourth-order valence-electron chi connectivity index (χ4n) is 0.943. The summed E-state index contributed by atoms with van der Waals surface area (Å²) in [6.07, 6.45) is 0. The van der Waals surface area contributed by atoms with Gasteiger partial charge in [0, 0.05) is 17.3 Å². The number of methoxy groups -OCH3 is 1. The molecule has 0 radical (unpaired) electrons. The van der Waals surface area contributed by atoms with Crippen molar-refractivity contribution in [2.24, 2.45) is 0 Å². The van der Waals surface area contributed by atoms with Crippen LogP contribution in [-0.2, 0) is 0 Å². The highest BCUT2D eigenvalue weighted by molar-refractivity contribution is 5.44. The second kappa shape index (κ2) is 2.78. The van der Waals surface area contributed by atoms with Gasteiger partial charge in [-0.2, -0.15) is 0 Å². The Morgan fingerprint density at radius 2 is 2.09 bits per heavy atom. The Balaban J connectivity index is 3.24. The maximum absolute atomic E-state index is 5.51. The van der Waals surface area contributed by atoms with Crippen LogP contribution in [0.3, 0.4) is 0 Å². The largest absolute Gasteiger partial charge is 0.496 e. The van der Waals surface area contributed by atoms with Crippen LogP contribution in [0.5, 0.6) is 5.75 Å². The van der Waals surface area contributed by atoms with Gasteiger partial charge in [0.05, 0.1) is 7.11 Å². The highest BCUT2D eigenvalue weighted by atomic mass is 16.5. The van der Waals surface area contributed by atoms with Crippen LogP contribution in [0.2, 0.25) is 0 Å². The molecular formula is C8H12N2O. The Hall–Kier alpha value is -1.25. The van der Waals surface area contributed by atoms with Crippen molar-refractivity contribution in [3.05, 3.63) is 17.3 Å². The van der Waals surface area contributed by atoms with Crippen molar-refractivity contribution in [2.75, 3.05) is 12.8 Å². The number of ether oxygens (including phenoxy) is 1. The standard InChI is InChI=1S/C8H12N2O/c1-5-6(2)10-8(9)4-7(5)11-3/h4H,1-3H3,(H2,9,10). The second-order valence-corrected chi connectivity index (χ2v) is 2.46. The van der Waals surface area contributed by atoms with Crippen LogP contribution in [-0.4, -0.2) is 12.1 Å². The summed E-state index contributed by atoms with van der Waals surface area (Å²) in [7, 11) is 1.63. The zero-order valence-corrected chi connectivity index (χ0v) is 7.01. The Bertz CT molecular complexity index is 271. The third-order valence-corrected chi connectivity index (χ3v) is 1.71. The molecule has 3 nitrogen and oxygen atoms in total. The number of pyridine rings is 1. The molecule has 2 N–H and O–H groups in total. The molecule has 3 heteroatoms. The summed E-state index contributed by atoms with van der Waals surface area (Å²) >= 11 is 0. The number of aryl methyl sites for hydroxylation is 1. The van der Waals surface area contributed by atoms with Crippen molar-refractivity contribution in [1.29, 1.82) is 0 Å². The minimum atomic E-state index is 0.505. The van der Waals surface area contributed by atoms with Crippen LogP contribution >= 0.6 is 0 Å². The molecule has 0 unspecified atom stereocenters. The molecular weight excluding hydrogens is 140 g/mol. The normalized spacial score (nSPS) is 9.73. The minimum Gasteiger partial charge on any atom is -0.496 e. The highest BCUT2D eigenvalue weighted by Crippen LogP contribution is 2.21. The second-order valence-electron chi connectivity index (χ2n) is 2.46. The van der Waals surface area contributed by atoms with Gasteiger partial charge < -0.3 is 10.5 Å². The van der Waals surface area contributed by atoms with Gasteiger partial charge in [0.1, 0.15) is 11.6 Å². The lowest BCUT2D eigenvalue weighted by Crippen LogP contribution is -1.97. The van der Waals surface area contributed by atoms with E-state index in [1.807, 2.05) is 13.8 Å². The van der Waals surface area contributed by atoms with Gasteiger partial charge in [0.25, 0.3) is 0 Å². The van der Waals surface area contributed by atoms with Gasteiger partial charge in [-0.1, -0.05) is 0 Å².